The van der Waals surface area contributed by atoms with Crippen LogP contribution in [0, 0.1) is 18.3 Å². The summed E-state index contributed by atoms with van der Waals surface area (Å²) in [7, 11) is 0. The van der Waals surface area contributed by atoms with Crippen LogP contribution in [0.4, 0.5) is 0 Å². The zero-order chi connectivity index (χ0) is 21.4. The second-order valence-corrected chi connectivity index (χ2v) is 9.47. The Kier molecular flexibility index (Phi) is 5.30. The minimum atomic E-state index is 0.196. The van der Waals surface area contributed by atoms with Crippen LogP contribution in [0.5, 0.6) is 0 Å². The van der Waals surface area contributed by atoms with E-state index in [0.717, 1.165) is 49.1 Å². The molecule has 5 rings (SSSR count). The van der Waals surface area contributed by atoms with Crippen molar-refractivity contribution in [1.29, 1.82) is 0 Å². The van der Waals surface area contributed by atoms with E-state index in [1.54, 1.807) is 0 Å². The fourth-order valence-electron chi connectivity index (χ4n) is 5.59. The van der Waals surface area contributed by atoms with Gasteiger partial charge in [-0.3, -0.25) is 9.78 Å². The fraction of sp³-hybridized carbons (Fsp3) is 0.462. The van der Waals surface area contributed by atoms with Gasteiger partial charge in [-0.2, -0.15) is 0 Å². The van der Waals surface area contributed by atoms with Gasteiger partial charge in [0.05, 0.1) is 0 Å². The van der Waals surface area contributed by atoms with Crippen molar-refractivity contribution in [2.45, 2.75) is 52.5 Å². The maximum atomic E-state index is 12.7. The Balaban J connectivity index is 1.29. The molecule has 3 N–H and O–H groups in total. The quantitative estimate of drug-likeness (QED) is 0.574. The van der Waals surface area contributed by atoms with Crippen molar-refractivity contribution in [2.24, 2.45) is 11.3 Å². The molecule has 1 aliphatic carbocycles. The van der Waals surface area contributed by atoms with Crippen LogP contribution in [0.3, 0.4) is 0 Å². The van der Waals surface area contributed by atoms with Crippen LogP contribution < -0.4 is 10.6 Å². The van der Waals surface area contributed by atoms with Gasteiger partial charge in [0.15, 0.2) is 0 Å². The molecule has 2 fully saturated rings. The molecule has 2 aliphatic rings. The number of H-pyrrole nitrogens is 1. The lowest BCUT2D eigenvalue weighted by Crippen LogP contribution is -2.50. The molecular formula is C26H32N4O. The molecule has 5 heteroatoms. The van der Waals surface area contributed by atoms with Crippen molar-refractivity contribution in [2.75, 3.05) is 13.1 Å². The summed E-state index contributed by atoms with van der Waals surface area (Å²) >= 11 is 0. The van der Waals surface area contributed by atoms with Gasteiger partial charge in [0.1, 0.15) is 0 Å². The van der Waals surface area contributed by atoms with Gasteiger partial charge in [0, 0.05) is 46.5 Å². The summed E-state index contributed by atoms with van der Waals surface area (Å²) in [5, 5.41) is 7.88. The van der Waals surface area contributed by atoms with Gasteiger partial charge in [-0.25, -0.2) is 0 Å². The van der Waals surface area contributed by atoms with Gasteiger partial charge in [-0.05, 0) is 92.9 Å². The van der Waals surface area contributed by atoms with Gasteiger partial charge in [-0.15, -0.1) is 0 Å². The third-order valence-electron chi connectivity index (χ3n) is 7.37. The van der Waals surface area contributed by atoms with Crippen molar-refractivity contribution in [1.82, 2.24) is 20.6 Å². The lowest BCUT2D eigenvalue weighted by Gasteiger charge is -2.49. The number of hydrogen-bond acceptors (Lipinski definition) is 3. The first kappa shape index (κ1) is 20.3. The van der Waals surface area contributed by atoms with E-state index in [2.05, 4.69) is 57.9 Å². The molecular weight excluding hydrogens is 384 g/mol. The predicted octanol–water partition coefficient (Wildman–Crippen LogP) is 4.50. The molecule has 0 bridgehead atoms. The summed E-state index contributed by atoms with van der Waals surface area (Å²) < 4.78 is 0. The van der Waals surface area contributed by atoms with Crippen LogP contribution in [0.1, 0.15) is 49.4 Å². The third-order valence-corrected chi connectivity index (χ3v) is 7.37. The zero-order valence-corrected chi connectivity index (χ0v) is 18.6. The summed E-state index contributed by atoms with van der Waals surface area (Å²) in [6.45, 7) is 7.02. The van der Waals surface area contributed by atoms with Gasteiger partial charge in [-0.1, -0.05) is 13.0 Å². The minimum absolute atomic E-state index is 0.196. The van der Waals surface area contributed by atoms with E-state index in [9.17, 15) is 4.79 Å². The van der Waals surface area contributed by atoms with Crippen LogP contribution in [0.25, 0.3) is 22.2 Å². The standard InChI is InChI=1S/C26H32N4O/c1-3-21-22-13-18(4-5-23(22)30-24(21)19-6-9-28-17(2)12-19)16-29-25(31)20-14-26(15-20)7-10-27-11-8-26/h4-6,9,12-13,20,27,30H,3,7-8,10-11,14-16H2,1-2H3,(H,29,31). The van der Waals surface area contributed by atoms with Crippen LogP contribution >= 0.6 is 0 Å². The van der Waals surface area contributed by atoms with Crippen LogP contribution in [-0.2, 0) is 17.8 Å². The summed E-state index contributed by atoms with van der Waals surface area (Å²) in [5.41, 5.74) is 7.42. The first-order chi connectivity index (χ1) is 15.1. The Labute approximate surface area is 184 Å². The van der Waals surface area contributed by atoms with Gasteiger partial charge >= 0.3 is 0 Å². The maximum absolute atomic E-state index is 12.7. The number of carbonyl (C=O) groups is 1. The molecule has 0 atom stereocenters. The Morgan fingerprint density at radius 3 is 2.74 bits per heavy atom. The van der Waals surface area contributed by atoms with Crippen LogP contribution in [0.2, 0.25) is 0 Å². The lowest BCUT2D eigenvalue weighted by atomic mass is 9.57. The van der Waals surface area contributed by atoms with Gasteiger partial charge in [0.25, 0.3) is 0 Å². The Hall–Kier alpha value is -2.66. The van der Waals surface area contributed by atoms with Crippen LogP contribution in [0.15, 0.2) is 36.5 Å². The SMILES string of the molecule is CCc1c(-c2ccnc(C)c2)[nH]c2ccc(CNC(=O)C3CC4(CCNCC4)C3)cc12. The average Bonchev–Trinajstić information content (AvgIpc) is 3.14. The molecule has 5 nitrogen and oxygen atoms in total. The molecule has 31 heavy (non-hydrogen) atoms. The number of rotatable bonds is 5. The number of hydrogen-bond donors (Lipinski definition) is 3. The molecule has 1 aromatic carbocycles. The smallest absolute Gasteiger partial charge is 0.223 e. The first-order valence-electron chi connectivity index (χ1n) is 11.6. The van der Waals surface area contributed by atoms with E-state index in [4.69, 9.17) is 0 Å². The molecule has 1 spiro atoms. The molecule has 1 amide bonds. The largest absolute Gasteiger partial charge is 0.354 e. The van der Waals surface area contributed by atoms with Crippen molar-refractivity contribution in [3.05, 3.63) is 53.3 Å². The highest BCUT2D eigenvalue weighted by molar-refractivity contribution is 5.91. The van der Waals surface area contributed by atoms with Crippen molar-refractivity contribution in [3.63, 3.8) is 0 Å². The number of fused-ring (bicyclic) bond motifs is 1. The molecule has 3 heterocycles. The average molecular weight is 417 g/mol. The summed E-state index contributed by atoms with van der Waals surface area (Å²) in [5.74, 6) is 0.420. The molecule has 1 saturated carbocycles. The minimum Gasteiger partial charge on any atom is -0.354 e. The van der Waals surface area contributed by atoms with E-state index in [1.165, 1.54) is 35.0 Å². The molecule has 1 saturated heterocycles. The van der Waals surface area contributed by atoms with Crippen molar-refractivity contribution >= 4 is 16.8 Å². The van der Waals surface area contributed by atoms with Crippen molar-refractivity contribution < 1.29 is 4.79 Å². The number of aryl methyl sites for hydroxylation is 2. The number of nitrogens with zero attached hydrogens (tertiary/aromatic N) is 1. The number of amides is 1. The third kappa shape index (κ3) is 3.87. The molecule has 1 aliphatic heterocycles. The predicted molar refractivity (Wildman–Crippen MR) is 125 cm³/mol. The van der Waals surface area contributed by atoms with Gasteiger partial charge in [0.2, 0.25) is 5.91 Å². The molecule has 0 radical (unpaired) electrons. The molecule has 162 valence electrons. The fourth-order valence-corrected chi connectivity index (χ4v) is 5.59. The number of carbonyl (C=O) groups excluding carboxylic acids is 1. The summed E-state index contributed by atoms with van der Waals surface area (Å²) in [6.07, 6.45) is 7.38. The highest BCUT2D eigenvalue weighted by Gasteiger charge is 2.47. The van der Waals surface area contributed by atoms with Gasteiger partial charge < -0.3 is 15.6 Å². The Morgan fingerprint density at radius 2 is 2.00 bits per heavy atom. The summed E-state index contributed by atoms with van der Waals surface area (Å²) in [4.78, 5) is 20.6. The lowest BCUT2D eigenvalue weighted by molar-refractivity contribution is -0.134. The molecule has 2 aromatic heterocycles. The van der Waals surface area contributed by atoms with E-state index in [1.807, 2.05) is 13.1 Å². The Morgan fingerprint density at radius 1 is 1.19 bits per heavy atom. The first-order valence-corrected chi connectivity index (χ1v) is 11.6. The number of piperidine rings is 1. The van der Waals surface area contributed by atoms with Crippen molar-refractivity contribution in [3.8, 4) is 11.3 Å². The number of benzene rings is 1. The number of aromatic amines is 1. The molecule has 3 aromatic rings. The van der Waals surface area contributed by atoms with E-state index in [-0.39, 0.29) is 11.8 Å². The molecule has 0 unspecified atom stereocenters. The Bertz CT molecular complexity index is 1100. The van der Waals surface area contributed by atoms with E-state index in [0.29, 0.717) is 12.0 Å². The second-order valence-electron chi connectivity index (χ2n) is 9.47. The highest BCUT2D eigenvalue weighted by Crippen LogP contribution is 2.51. The monoisotopic (exact) mass is 416 g/mol. The number of pyridine rings is 1. The number of nitrogens with one attached hydrogen (secondary N) is 3. The van der Waals surface area contributed by atoms with E-state index < -0.39 is 0 Å². The second kappa shape index (κ2) is 8.12. The maximum Gasteiger partial charge on any atom is 0.223 e. The highest BCUT2D eigenvalue weighted by atomic mass is 16.1. The number of aromatic nitrogens is 2. The topological polar surface area (TPSA) is 69.8 Å². The normalized spacial score (nSPS) is 18.3. The van der Waals surface area contributed by atoms with Crippen LogP contribution in [-0.4, -0.2) is 29.0 Å². The zero-order valence-electron chi connectivity index (χ0n) is 18.6. The van der Waals surface area contributed by atoms with E-state index >= 15 is 0 Å². The summed E-state index contributed by atoms with van der Waals surface area (Å²) in [6, 6.07) is 10.7.